The number of H-pyrrole nitrogens is 1. The van der Waals surface area contributed by atoms with Gasteiger partial charge in [-0.2, -0.15) is 5.10 Å². The van der Waals surface area contributed by atoms with Gasteiger partial charge < -0.3 is 15.4 Å². The number of rotatable bonds is 5. The van der Waals surface area contributed by atoms with E-state index in [0.717, 1.165) is 24.2 Å². The van der Waals surface area contributed by atoms with Gasteiger partial charge in [0.15, 0.2) is 5.69 Å². The number of anilines is 1. The monoisotopic (exact) mass is 314 g/mol. The smallest absolute Gasteiger partial charge is 0.276 e. The molecule has 1 aliphatic rings. The molecule has 6 heteroatoms. The molecule has 0 unspecified atom stereocenters. The Kier molecular flexibility index (Phi) is 4.62. The van der Waals surface area contributed by atoms with Gasteiger partial charge in [-0.05, 0) is 18.1 Å². The zero-order chi connectivity index (χ0) is 16.2. The van der Waals surface area contributed by atoms with Gasteiger partial charge in [-0.1, -0.05) is 26.0 Å². The van der Waals surface area contributed by atoms with Gasteiger partial charge in [0.1, 0.15) is 5.75 Å². The van der Waals surface area contributed by atoms with Crippen LogP contribution in [0.25, 0.3) is 0 Å². The highest BCUT2D eigenvalue weighted by atomic mass is 16.5. The van der Waals surface area contributed by atoms with Gasteiger partial charge in [0, 0.05) is 30.8 Å². The Morgan fingerprint density at radius 2 is 2.22 bits per heavy atom. The lowest BCUT2D eigenvalue weighted by atomic mass is 10.1. The molecule has 0 aliphatic carbocycles. The van der Waals surface area contributed by atoms with Crippen LogP contribution in [0.5, 0.6) is 5.75 Å². The summed E-state index contributed by atoms with van der Waals surface area (Å²) >= 11 is 0. The van der Waals surface area contributed by atoms with E-state index in [4.69, 9.17) is 4.74 Å². The molecule has 6 nitrogen and oxygen atoms in total. The summed E-state index contributed by atoms with van der Waals surface area (Å²) in [5, 5.41) is 13.3. The van der Waals surface area contributed by atoms with Crippen molar-refractivity contribution in [2.75, 3.05) is 18.5 Å². The SMILES string of the molecule is CC(C)COc1ccccc1NC(=O)c1n[nH]c2c1CNCC2. The molecule has 2 aromatic rings. The maximum absolute atomic E-state index is 12.6. The first kappa shape index (κ1) is 15.6. The minimum absolute atomic E-state index is 0.216. The summed E-state index contributed by atoms with van der Waals surface area (Å²) in [6, 6.07) is 7.47. The average molecular weight is 314 g/mol. The molecular weight excluding hydrogens is 292 g/mol. The molecule has 0 saturated heterocycles. The second-order valence-electron chi connectivity index (χ2n) is 6.11. The Bertz CT molecular complexity index is 694. The number of carbonyl (C=O) groups is 1. The zero-order valence-corrected chi connectivity index (χ0v) is 13.5. The van der Waals surface area contributed by atoms with Crippen LogP contribution >= 0.6 is 0 Å². The minimum Gasteiger partial charge on any atom is -0.491 e. The summed E-state index contributed by atoms with van der Waals surface area (Å²) in [5.41, 5.74) is 3.11. The molecule has 0 spiro atoms. The van der Waals surface area contributed by atoms with Crippen molar-refractivity contribution in [3.63, 3.8) is 0 Å². The standard InChI is InChI=1S/C17H22N4O2/c1-11(2)10-23-15-6-4-3-5-14(15)19-17(22)16-12-9-18-8-7-13(12)20-21-16/h3-6,11,18H,7-10H2,1-2H3,(H,19,22)(H,20,21). The predicted molar refractivity (Wildman–Crippen MR) is 88.7 cm³/mol. The van der Waals surface area contributed by atoms with E-state index in [0.29, 0.717) is 36.2 Å². The maximum atomic E-state index is 12.6. The molecule has 122 valence electrons. The lowest BCUT2D eigenvalue weighted by Crippen LogP contribution is -2.25. The number of aromatic nitrogens is 2. The third kappa shape index (κ3) is 3.53. The average Bonchev–Trinajstić information content (AvgIpc) is 2.98. The third-order valence-corrected chi connectivity index (χ3v) is 3.73. The largest absolute Gasteiger partial charge is 0.491 e. The fourth-order valence-corrected chi connectivity index (χ4v) is 2.55. The maximum Gasteiger partial charge on any atom is 0.276 e. The number of nitrogens with one attached hydrogen (secondary N) is 3. The molecule has 1 amide bonds. The molecule has 2 heterocycles. The molecule has 1 aliphatic heterocycles. The first-order valence-electron chi connectivity index (χ1n) is 7.95. The summed E-state index contributed by atoms with van der Waals surface area (Å²) in [6.07, 6.45) is 0.865. The Hall–Kier alpha value is -2.34. The van der Waals surface area contributed by atoms with Crippen molar-refractivity contribution in [1.29, 1.82) is 0 Å². The van der Waals surface area contributed by atoms with Gasteiger partial charge in [-0.15, -0.1) is 0 Å². The number of benzene rings is 1. The van der Waals surface area contributed by atoms with Crippen molar-refractivity contribution in [3.05, 3.63) is 41.2 Å². The van der Waals surface area contributed by atoms with Crippen molar-refractivity contribution in [1.82, 2.24) is 15.5 Å². The van der Waals surface area contributed by atoms with Crippen LogP contribution in [0.4, 0.5) is 5.69 Å². The second kappa shape index (κ2) is 6.83. The van der Waals surface area contributed by atoms with Gasteiger partial charge in [-0.25, -0.2) is 0 Å². The van der Waals surface area contributed by atoms with Crippen LogP contribution in [0, 0.1) is 5.92 Å². The molecular formula is C17H22N4O2. The van der Waals surface area contributed by atoms with E-state index in [2.05, 4.69) is 34.7 Å². The van der Waals surface area contributed by atoms with Crippen molar-refractivity contribution < 1.29 is 9.53 Å². The number of ether oxygens (including phenoxy) is 1. The highest BCUT2D eigenvalue weighted by Gasteiger charge is 2.22. The van der Waals surface area contributed by atoms with Crippen LogP contribution in [0.2, 0.25) is 0 Å². The van der Waals surface area contributed by atoms with Crippen molar-refractivity contribution in [3.8, 4) is 5.75 Å². The summed E-state index contributed by atoms with van der Waals surface area (Å²) in [5.74, 6) is 0.882. The molecule has 3 N–H and O–H groups in total. The summed E-state index contributed by atoms with van der Waals surface area (Å²) in [6.45, 7) is 6.35. The van der Waals surface area contributed by atoms with Crippen LogP contribution in [-0.2, 0) is 13.0 Å². The molecule has 0 saturated carbocycles. The van der Waals surface area contributed by atoms with Gasteiger partial charge >= 0.3 is 0 Å². The Morgan fingerprint density at radius 3 is 3.04 bits per heavy atom. The number of para-hydroxylation sites is 2. The summed E-state index contributed by atoms with van der Waals surface area (Å²) < 4.78 is 5.77. The molecule has 0 radical (unpaired) electrons. The van der Waals surface area contributed by atoms with E-state index in [9.17, 15) is 4.79 Å². The van der Waals surface area contributed by atoms with Crippen LogP contribution < -0.4 is 15.4 Å². The molecule has 0 fully saturated rings. The molecule has 23 heavy (non-hydrogen) atoms. The van der Waals surface area contributed by atoms with E-state index >= 15 is 0 Å². The van der Waals surface area contributed by atoms with Crippen molar-refractivity contribution in [2.24, 2.45) is 5.92 Å². The first-order valence-corrected chi connectivity index (χ1v) is 7.95. The van der Waals surface area contributed by atoms with E-state index in [-0.39, 0.29) is 5.91 Å². The van der Waals surface area contributed by atoms with Crippen molar-refractivity contribution in [2.45, 2.75) is 26.8 Å². The lowest BCUT2D eigenvalue weighted by Gasteiger charge is -2.15. The Labute approximate surface area is 135 Å². The topological polar surface area (TPSA) is 79.0 Å². The number of amides is 1. The predicted octanol–water partition coefficient (Wildman–Crippen LogP) is 2.34. The van der Waals surface area contributed by atoms with E-state index in [1.165, 1.54) is 0 Å². The fourth-order valence-electron chi connectivity index (χ4n) is 2.55. The number of hydrogen-bond acceptors (Lipinski definition) is 4. The van der Waals surface area contributed by atoms with E-state index in [1.807, 2.05) is 24.3 Å². The lowest BCUT2D eigenvalue weighted by molar-refractivity contribution is 0.102. The highest BCUT2D eigenvalue weighted by molar-refractivity contribution is 6.04. The zero-order valence-electron chi connectivity index (χ0n) is 13.5. The Morgan fingerprint density at radius 1 is 1.39 bits per heavy atom. The van der Waals surface area contributed by atoms with Crippen LogP contribution in [0.3, 0.4) is 0 Å². The van der Waals surface area contributed by atoms with Gasteiger partial charge in [0.2, 0.25) is 0 Å². The fraction of sp³-hybridized carbons (Fsp3) is 0.412. The Balaban J connectivity index is 1.77. The number of aromatic amines is 1. The number of fused-ring (bicyclic) bond motifs is 1. The minimum atomic E-state index is -0.216. The summed E-state index contributed by atoms with van der Waals surface area (Å²) in [4.78, 5) is 12.6. The number of hydrogen-bond donors (Lipinski definition) is 3. The second-order valence-corrected chi connectivity index (χ2v) is 6.11. The van der Waals surface area contributed by atoms with Crippen LogP contribution in [0.1, 0.15) is 35.6 Å². The van der Waals surface area contributed by atoms with E-state index in [1.54, 1.807) is 0 Å². The molecule has 3 rings (SSSR count). The molecule has 0 bridgehead atoms. The quantitative estimate of drug-likeness (QED) is 0.791. The molecule has 1 aromatic carbocycles. The van der Waals surface area contributed by atoms with E-state index < -0.39 is 0 Å². The third-order valence-electron chi connectivity index (χ3n) is 3.73. The molecule has 1 aromatic heterocycles. The molecule has 0 atom stereocenters. The van der Waals surface area contributed by atoms with Crippen LogP contribution in [0.15, 0.2) is 24.3 Å². The first-order chi connectivity index (χ1) is 11.1. The summed E-state index contributed by atoms with van der Waals surface area (Å²) in [7, 11) is 0. The number of nitrogens with zero attached hydrogens (tertiary/aromatic N) is 1. The number of carbonyl (C=O) groups excluding carboxylic acids is 1. The normalized spacial score (nSPS) is 13.7. The van der Waals surface area contributed by atoms with Crippen LogP contribution in [-0.4, -0.2) is 29.3 Å². The highest BCUT2D eigenvalue weighted by Crippen LogP contribution is 2.25. The van der Waals surface area contributed by atoms with Gasteiger partial charge in [0.25, 0.3) is 5.91 Å². The van der Waals surface area contributed by atoms with Gasteiger partial charge in [-0.3, -0.25) is 9.89 Å². The van der Waals surface area contributed by atoms with Crippen molar-refractivity contribution >= 4 is 11.6 Å². The van der Waals surface area contributed by atoms with Gasteiger partial charge in [0.05, 0.1) is 12.3 Å².